The average molecular weight is 306 g/mol. The number of allylic oxidation sites excluding steroid dienone is 1. The summed E-state index contributed by atoms with van der Waals surface area (Å²) in [7, 11) is 0. The van der Waals surface area contributed by atoms with Crippen LogP contribution in [0.1, 0.15) is 12.0 Å². The predicted molar refractivity (Wildman–Crippen MR) is 81.7 cm³/mol. The number of hydrogen-bond acceptors (Lipinski definition) is 6. The first-order valence-corrected chi connectivity index (χ1v) is 6.95. The van der Waals surface area contributed by atoms with Gasteiger partial charge in [0.05, 0.1) is 4.92 Å². The molecular formula is C14H14N2O4S. The molecule has 6 nitrogen and oxygen atoms in total. The number of hydrogen-bond donors (Lipinski definition) is 1. The molecule has 1 unspecified atom stereocenters. The Balaban J connectivity index is 1.99. The van der Waals surface area contributed by atoms with Gasteiger partial charge in [-0.25, -0.2) is 4.79 Å². The van der Waals surface area contributed by atoms with E-state index in [0.29, 0.717) is 17.7 Å². The molecule has 1 heterocycles. The lowest BCUT2D eigenvalue weighted by atomic mass is 9.98. The number of ether oxygens (including phenoxy) is 1. The molecule has 0 amide bonds. The summed E-state index contributed by atoms with van der Waals surface area (Å²) in [5, 5.41) is 10.6. The highest BCUT2D eigenvalue weighted by Gasteiger charge is 2.37. The molecular weight excluding hydrogens is 292 g/mol. The Hall–Kier alpha value is -2.15. The van der Waals surface area contributed by atoms with Crippen LogP contribution < -0.4 is 0 Å². The monoisotopic (exact) mass is 306 g/mol. The highest BCUT2D eigenvalue weighted by atomic mass is 32.1. The second kappa shape index (κ2) is 6.53. The molecule has 1 atom stereocenters. The Labute approximate surface area is 127 Å². The molecule has 0 fully saturated rings. The second-order valence-corrected chi connectivity index (χ2v) is 4.98. The van der Waals surface area contributed by atoms with E-state index >= 15 is 0 Å². The lowest BCUT2D eigenvalue weighted by Gasteiger charge is -2.21. The van der Waals surface area contributed by atoms with Crippen molar-refractivity contribution in [3.63, 3.8) is 0 Å². The summed E-state index contributed by atoms with van der Waals surface area (Å²) in [5.74, 6) is 0.0637. The molecule has 0 spiro atoms. The fourth-order valence-electron chi connectivity index (χ4n) is 1.95. The molecule has 7 heteroatoms. The van der Waals surface area contributed by atoms with E-state index in [9.17, 15) is 14.9 Å². The van der Waals surface area contributed by atoms with Gasteiger partial charge in [-0.1, -0.05) is 0 Å². The zero-order chi connectivity index (χ0) is 15.3. The van der Waals surface area contributed by atoms with Crippen molar-refractivity contribution in [2.45, 2.75) is 18.6 Å². The lowest BCUT2D eigenvalue weighted by molar-refractivity contribution is -0.384. The van der Waals surface area contributed by atoms with Crippen molar-refractivity contribution in [1.82, 2.24) is 0 Å². The number of nitrogens with zero attached hydrogens (tertiary/aromatic N) is 2. The molecule has 0 N–H and O–H groups in total. The van der Waals surface area contributed by atoms with E-state index in [1.807, 2.05) is 0 Å². The molecule has 0 radical (unpaired) electrons. The van der Waals surface area contributed by atoms with Crippen LogP contribution in [0.25, 0.3) is 0 Å². The molecule has 0 saturated carbocycles. The molecule has 1 aromatic carbocycles. The van der Waals surface area contributed by atoms with Crippen LogP contribution in [0, 0.1) is 10.1 Å². The van der Waals surface area contributed by atoms with Gasteiger partial charge in [0.25, 0.3) is 5.69 Å². The Bertz CT molecular complexity index is 583. The van der Waals surface area contributed by atoms with Gasteiger partial charge in [-0.3, -0.25) is 15.1 Å². The third kappa shape index (κ3) is 3.49. The largest absolute Gasteiger partial charge is 0.459 e. The summed E-state index contributed by atoms with van der Waals surface area (Å²) >= 11 is 4.13. The van der Waals surface area contributed by atoms with Gasteiger partial charge in [-0.2, -0.15) is 12.6 Å². The van der Waals surface area contributed by atoms with E-state index < -0.39 is 16.4 Å². The molecule has 0 aliphatic carbocycles. The lowest BCUT2D eigenvalue weighted by Crippen LogP contribution is -2.35. The first-order valence-electron chi connectivity index (χ1n) is 6.32. The number of carbonyl (C=O) groups is 1. The van der Waals surface area contributed by atoms with Crippen LogP contribution in [0.3, 0.4) is 0 Å². The van der Waals surface area contributed by atoms with Gasteiger partial charge in [0, 0.05) is 18.3 Å². The third-order valence-electron chi connectivity index (χ3n) is 3.13. The highest BCUT2D eigenvalue weighted by molar-refractivity contribution is 7.80. The van der Waals surface area contributed by atoms with Crippen LogP contribution in [0.2, 0.25) is 0 Å². The van der Waals surface area contributed by atoms with E-state index in [1.54, 1.807) is 30.5 Å². The number of nitro benzene ring substituents is 1. The van der Waals surface area contributed by atoms with Crippen LogP contribution in [0.4, 0.5) is 5.69 Å². The van der Waals surface area contributed by atoms with Crippen LogP contribution in [0.15, 0.2) is 41.4 Å². The molecule has 1 aliphatic heterocycles. The van der Waals surface area contributed by atoms with Gasteiger partial charge in [0.2, 0.25) is 0 Å². The minimum Gasteiger partial charge on any atom is -0.459 e. The van der Waals surface area contributed by atoms with Crippen LogP contribution >= 0.6 is 12.6 Å². The number of esters is 1. The van der Waals surface area contributed by atoms with E-state index in [2.05, 4.69) is 17.6 Å². The number of rotatable bonds is 6. The minimum absolute atomic E-state index is 0.0000491. The molecule has 21 heavy (non-hydrogen) atoms. The smallest absolute Gasteiger partial charge is 0.338 e. The van der Waals surface area contributed by atoms with Crippen LogP contribution in [-0.4, -0.2) is 28.4 Å². The molecule has 0 bridgehead atoms. The SMILES string of the molecule is O=C(OCc1ccc([N+](=O)[O-])cc1)C1(CCS)C=CC=N1. The first-order chi connectivity index (χ1) is 10.1. The number of carbonyl (C=O) groups excluding carboxylic acids is 1. The van der Waals surface area contributed by atoms with Crippen molar-refractivity contribution in [3.8, 4) is 0 Å². The summed E-state index contributed by atoms with van der Waals surface area (Å²) in [4.78, 5) is 26.4. The molecule has 110 valence electrons. The molecule has 1 aromatic rings. The predicted octanol–water partition coefficient (Wildman–Crippen LogP) is 2.34. The van der Waals surface area contributed by atoms with Crippen molar-refractivity contribution >= 4 is 30.5 Å². The summed E-state index contributed by atoms with van der Waals surface area (Å²) < 4.78 is 5.26. The van der Waals surface area contributed by atoms with E-state index in [4.69, 9.17) is 4.74 Å². The Morgan fingerprint density at radius 3 is 2.62 bits per heavy atom. The van der Waals surface area contributed by atoms with E-state index in [0.717, 1.165) is 0 Å². The van der Waals surface area contributed by atoms with Crippen LogP contribution in [-0.2, 0) is 16.1 Å². The average Bonchev–Trinajstić information content (AvgIpc) is 2.95. The van der Waals surface area contributed by atoms with Gasteiger partial charge >= 0.3 is 5.97 Å². The minimum atomic E-state index is -0.984. The zero-order valence-electron chi connectivity index (χ0n) is 11.1. The van der Waals surface area contributed by atoms with Gasteiger partial charge in [0.1, 0.15) is 6.61 Å². The molecule has 0 aromatic heterocycles. The number of nitro groups is 1. The van der Waals surface area contributed by atoms with Crippen molar-refractivity contribution in [1.29, 1.82) is 0 Å². The van der Waals surface area contributed by atoms with Gasteiger partial charge in [-0.15, -0.1) is 0 Å². The summed E-state index contributed by atoms with van der Waals surface area (Å²) in [6.45, 7) is 0.0501. The summed E-state index contributed by atoms with van der Waals surface area (Å²) in [6.07, 6.45) is 5.43. The maximum absolute atomic E-state index is 12.2. The Morgan fingerprint density at radius 2 is 2.10 bits per heavy atom. The van der Waals surface area contributed by atoms with Crippen molar-refractivity contribution in [2.24, 2.45) is 4.99 Å². The fraction of sp³-hybridized carbons (Fsp3) is 0.286. The normalized spacial score (nSPS) is 19.7. The maximum atomic E-state index is 12.2. The Morgan fingerprint density at radius 1 is 1.38 bits per heavy atom. The van der Waals surface area contributed by atoms with Gasteiger partial charge < -0.3 is 4.74 Å². The second-order valence-electron chi connectivity index (χ2n) is 4.53. The highest BCUT2D eigenvalue weighted by Crippen LogP contribution is 2.24. The molecule has 2 rings (SSSR count). The van der Waals surface area contributed by atoms with E-state index in [1.165, 1.54) is 12.1 Å². The standard InChI is InChI=1S/C14H14N2O4S/c17-13(14(7-9-21)6-1-8-15-14)20-10-11-2-4-12(5-3-11)16(18)19/h1-6,8,21H,7,9-10H2. The first kappa shape index (κ1) is 15.2. The maximum Gasteiger partial charge on any atom is 0.338 e. The number of non-ortho nitro benzene ring substituents is 1. The van der Waals surface area contributed by atoms with Crippen molar-refractivity contribution in [2.75, 3.05) is 5.75 Å². The number of thiol groups is 1. The van der Waals surface area contributed by atoms with E-state index in [-0.39, 0.29) is 12.3 Å². The Kier molecular flexibility index (Phi) is 4.74. The topological polar surface area (TPSA) is 81.8 Å². The third-order valence-corrected chi connectivity index (χ3v) is 3.35. The van der Waals surface area contributed by atoms with Crippen LogP contribution in [0.5, 0.6) is 0 Å². The van der Waals surface area contributed by atoms with Gasteiger partial charge in [0.15, 0.2) is 5.54 Å². The molecule has 0 saturated heterocycles. The number of benzene rings is 1. The summed E-state index contributed by atoms with van der Waals surface area (Å²) in [6, 6.07) is 5.87. The van der Waals surface area contributed by atoms with Crippen molar-refractivity contribution in [3.05, 3.63) is 52.1 Å². The summed E-state index contributed by atoms with van der Waals surface area (Å²) in [5.41, 5.74) is -0.302. The molecule has 1 aliphatic rings. The zero-order valence-corrected chi connectivity index (χ0v) is 12.0. The van der Waals surface area contributed by atoms with Crippen molar-refractivity contribution < 1.29 is 14.5 Å². The quantitative estimate of drug-likeness (QED) is 0.378. The van der Waals surface area contributed by atoms with Gasteiger partial charge in [-0.05, 0) is 42.0 Å². The fourth-order valence-corrected chi connectivity index (χ4v) is 2.29. The number of aliphatic imine (C=N–C) groups is 1.